The molecule has 0 bridgehead atoms. The molecule has 0 atom stereocenters. The van der Waals surface area contributed by atoms with E-state index in [9.17, 15) is 9.18 Å². The number of benzene rings is 1. The Morgan fingerprint density at radius 1 is 1.41 bits per heavy atom. The lowest BCUT2D eigenvalue weighted by atomic mass is 9.78. The zero-order valence-electron chi connectivity index (χ0n) is 9.38. The number of aliphatic imine (C=N–C) groups is 1. The van der Waals surface area contributed by atoms with Crippen molar-refractivity contribution in [1.82, 2.24) is 0 Å². The normalized spacial score (nSPS) is 17.8. The van der Waals surface area contributed by atoms with E-state index in [1.54, 1.807) is 12.1 Å². The van der Waals surface area contributed by atoms with Crippen LogP contribution >= 0.6 is 11.6 Å². The molecule has 1 aliphatic rings. The van der Waals surface area contributed by atoms with Gasteiger partial charge >= 0.3 is 0 Å². The summed E-state index contributed by atoms with van der Waals surface area (Å²) in [4.78, 5) is 13.9. The molecular weight excluding hydrogens is 241 g/mol. The molecule has 0 radical (unpaired) electrons. The molecular formula is C13H13ClFNO. The molecule has 2 nitrogen and oxygen atoms in total. The highest BCUT2D eigenvalue weighted by Gasteiger charge is 2.39. The van der Waals surface area contributed by atoms with Gasteiger partial charge < -0.3 is 0 Å². The number of hydrogen-bond acceptors (Lipinski definition) is 2. The Morgan fingerprint density at radius 3 is 2.71 bits per heavy atom. The van der Waals surface area contributed by atoms with Crippen LogP contribution in [0.5, 0.6) is 0 Å². The smallest absolute Gasteiger partial charge is 0.211 e. The van der Waals surface area contributed by atoms with E-state index in [0.717, 1.165) is 25.7 Å². The maximum atomic E-state index is 13.9. The van der Waals surface area contributed by atoms with Gasteiger partial charge in [-0.1, -0.05) is 30.5 Å². The molecule has 0 saturated heterocycles. The van der Waals surface area contributed by atoms with E-state index < -0.39 is 5.41 Å². The Hall–Kier alpha value is -1.18. The van der Waals surface area contributed by atoms with Crippen molar-refractivity contribution in [2.24, 2.45) is 4.99 Å². The first kappa shape index (κ1) is 12.3. The van der Waals surface area contributed by atoms with Gasteiger partial charge in [-0.05, 0) is 25.0 Å². The topological polar surface area (TPSA) is 29.4 Å². The lowest BCUT2D eigenvalue weighted by molar-refractivity contribution is 0.426. The van der Waals surface area contributed by atoms with Gasteiger partial charge in [0.1, 0.15) is 5.82 Å². The maximum Gasteiger partial charge on any atom is 0.234 e. The van der Waals surface area contributed by atoms with E-state index in [4.69, 9.17) is 11.6 Å². The Labute approximate surface area is 105 Å². The van der Waals surface area contributed by atoms with Gasteiger partial charge in [-0.2, -0.15) is 0 Å². The van der Waals surface area contributed by atoms with E-state index in [1.807, 2.05) is 0 Å². The second-order valence-electron chi connectivity index (χ2n) is 4.49. The van der Waals surface area contributed by atoms with Crippen LogP contribution in [0.4, 0.5) is 4.39 Å². The summed E-state index contributed by atoms with van der Waals surface area (Å²) in [5.41, 5.74) is 0.0954. The van der Waals surface area contributed by atoms with Crippen LogP contribution in [-0.2, 0) is 10.2 Å². The molecule has 0 unspecified atom stereocenters. The van der Waals surface area contributed by atoms with Gasteiger partial charge in [-0.15, -0.1) is 0 Å². The molecule has 0 aliphatic heterocycles. The lowest BCUT2D eigenvalue weighted by Crippen LogP contribution is -2.27. The summed E-state index contributed by atoms with van der Waals surface area (Å²) < 4.78 is 13.9. The van der Waals surface area contributed by atoms with Crippen LogP contribution in [0.2, 0.25) is 5.02 Å². The Balaban J connectivity index is 2.49. The minimum Gasteiger partial charge on any atom is -0.211 e. The first-order valence-electron chi connectivity index (χ1n) is 5.68. The summed E-state index contributed by atoms with van der Waals surface area (Å²) in [6.07, 6.45) is 5.20. The Morgan fingerprint density at radius 2 is 2.12 bits per heavy atom. The molecule has 0 aromatic heterocycles. The van der Waals surface area contributed by atoms with E-state index in [1.165, 1.54) is 12.1 Å². The predicted octanol–water partition coefficient (Wildman–Crippen LogP) is 3.63. The highest BCUT2D eigenvalue weighted by molar-refractivity contribution is 6.31. The van der Waals surface area contributed by atoms with Gasteiger partial charge in [0.25, 0.3) is 0 Å². The van der Waals surface area contributed by atoms with Crippen molar-refractivity contribution in [3.8, 4) is 0 Å². The molecule has 90 valence electrons. The summed E-state index contributed by atoms with van der Waals surface area (Å²) in [6.45, 7) is 0.275. The second-order valence-corrected chi connectivity index (χ2v) is 4.90. The molecule has 1 fully saturated rings. The Kier molecular flexibility index (Phi) is 3.60. The van der Waals surface area contributed by atoms with Crippen molar-refractivity contribution < 1.29 is 9.18 Å². The average Bonchev–Trinajstić information content (AvgIpc) is 2.76. The highest BCUT2D eigenvalue weighted by atomic mass is 35.5. The predicted molar refractivity (Wildman–Crippen MR) is 64.5 cm³/mol. The molecule has 4 heteroatoms. The number of nitrogens with zero attached hydrogens (tertiary/aromatic N) is 1. The van der Waals surface area contributed by atoms with Crippen molar-refractivity contribution in [3.63, 3.8) is 0 Å². The number of rotatable bonds is 3. The van der Waals surface area contributed by atoms with Gasteiger partial charge in [0.05, 0.1) is 6.54 Å². The third kappa shape index (κ3) is 2.26. The largest absolute Gasteiger partial charge is 0.234 e. The van der Waals surface area contributed by atoms with Crippen LogP contribution < -0.4 is 0 Å². The van der Waals surface area contributed by atoms with Gasteiger partial charge in [0.2, 0.25) is 6.08 Å². The van der Waals surface area contributed by atoms with Crippen molar-refractivity contribution in [2.45, 2.75) is 31.1 Å². The zero-order valence-corrected chi connectivity index (χ0v) is 10.1. The van der Waals surface area contributed by atoms with Gasteiger partial charge in [0, 0.05) is 16.0 Å². The monoisotopic (exact) mass is 253 g/mol. The molecule has 2 rings (SSSR count). The van der Waals surface area contributed by atoms with E-state index >= 15 is 0 Å². The first-order valence-corrected chi connectivity index (χ1v) is 6.05. The number of isocyanates is 1. The second kappa shape index (κ2) is 4.99. The van der Waals surface area contributed by atoms with Gasteiger partial charge in [-0.3, -0.25) is 0 Å². The van der Waals surface area contributed by atoms with E-state index in [2.05, 4.69) is 4.99 Å². The van der Waals surface area contributed by atoms with Gasteiger partial charge in [0.15, 0.2) is 0 Å². The number of halogens is 2. The SMILES string of the molecule is O=C=NCC1(c2c(F)cccc2Cl)CCCC1. The zero-order chi connectivity index (χ0) is 12.3. The molecule has 1 saturated carbocycles. The molecule has 1 aromatic rings. The number of carbonyl (C=O) groups excluding carboxylic acids is 1. The maximum absolute atomic E-state index is 13.9. The minimum atomic E-state index is -0.417. The van der Waals surface area contributed by atoms with Crippen LogP contribution in [0.1, 0.15) is 31.2 Å². The summed E-state index contributed by atoms with van der Waals surface area (Å²) in [5.74, 6) is -0.305. The first-order chi connectivity index (χ1) is 8.19. The molecule has 0 N–H and O–H groups in total. The molecule has 0 heterocycles. The minimum absolute atomic E-state index is 0.275. The number of hydrogen-bond donors (Lipinski definition) is 0. The fraction of sp³-hybridized carbons (Fsp3) is 0.462. The molecule has 0 amide bonds. The van der Waals surface area contributed by atoms with E-state index in [-0.39, 0.29) is 12.4 Å². The van der Waals surface area contributed by atoms with Crippen LogP contribution in [0.3, 0.4) is 0 Å². The van der Waals surface area contributed by atoms with Crippen LogP contribution in [0.15, 0.2) is 23.2 Å². The molecule has 0 spiro atoms. The van der Waals surface area contributed by atoms with Crippen molar-refractivity contribution in [2.75, 3.05) is 6.54 Å². The third-order valence-corrected chi connectivity index (χ3v) is 3.81. The molecule has 1 aromatic carbocycles. The molecule has 1 aliphatic carbocycles. The fourth-order valence-electron chi connectivity index (χ4n) is 2.73. The third-order valence-electron chi connectivity index (χ3n) is 3.50. The summed E-state index contributed by atoms with van der Waals surface area (Å²) >= 11 is 6.10. The summed E-state index contributed by atoms with van der Waals surface area (Å²) in [6, 6.07) is 4.68. The van der Waals surface area contributed by atoms with Crippen LogP contribution in [0, 0.1) is 5.82 Å². The van der Waals surface area contributed by atoms with Crippen molar-refractivity contribution in [3.05, 3.63) is 34.6 Å². The van der Waals surface area contributed by atoms with Crippen LogP contribution in [0.25, 0.3) is 0 Å². The molecule has 17 heavy (non-hydrogen) atoms. The standard InChI is InChI=1S/C13H13ClFNO/c14-10-4-3-5-11(15)12(10)13(8-16-9-17)6-1-2-7-13/h3-5H,1-2,6-8H2. The van der Waals surface area contributed by atoms with Crippen LogP contribution in [-0.4, -0.2) is 12.6 Å². The summed E-state index contributed by atoms with van der Waals surface area (Å²) in [5, 5.41) is 0.424. The quantitative estimate of drug-likeness (QED) is 0.598. The summed E-state index contributed by atoms with van der Waals surface area (Å²) in [7, 11) is 0. The van der Waals surface area contributed by atoms with Gasteiger partial charge in [-0.25, -0.2) is 14.2 Å². The lowest BCUT2D eigenvalue weighted by Gasteiger charge is -2.28. The van der Waals surface area contributed by atoms with E-state index in [0.29, 0.717) is 10.6 Å². The van der Waals surface area contributed by atoms with Crippen molar-refractivity contribution in [1.29, 1.82) is 0 Å². The van der Waals surface area contributed by atoms with Crippen molar-refractivity contribution >= 4 is 17.7 Å². The Bertz CT molecular complexity index is 442. The fourth-order valence-corrected chi connectivity index (χ4v) is 3.09. The highest BCUT2D eigenvalue weighted by Crippen LogP contribution is 2.45. The average molecular weight is 254 g/mol.